The largest absolute Gasteiger partial charge is 0.469 e. The molecule has 0 saturated carbocycles. The summed E-state index contributed by atoms with van der Waals surface area (Å²) in [5, 5.41) is 3.18. The van der Waals surface area contributed by atoms with E-state index in [2.05, 4.69) is 5.32 Å². The molecule has 0 spiro atoms. The van der Waals surface area contributed by atoms with Crippen LogP contribution in [0.3, 0.4) is 0 Å². The third-order valence-corrected chi connectivity index (χ3v) is 2.93. The molecular formula is C15H18FNO. The molecule has 1 heterocycles. The number of benzene rings is 1. The fourth-order valence-electron chi connectivity index (χ4n) is 1.89. The summed E-state index contributed by atoms with van der Waals surface area (Å²) in [4.78, 5) is 0. The molecule has 0 fully saturated rings. The van der Waals surface area contributed by atoms with Gasteiger partial charge in [0.05, 0.1) is 12.0 Å². The minimum atomic E-state index is -0.195. The Labute approximate surface area is 107 Å². The molecule has 0 amide bonds. The lowest BCUT2D eigenvalue weighted by atomic mass is 10.1. The first-order valence-corrected chi connectivity index (χ1v) is 6.20. The molecule has 0 aliphatic heterocycles. The molecule has 0 bridgehead atoms. The zero-order valence-electron chi connectivity index (χ0n) is 10.7. The molecule has 1 unspecified atom stereocenters. The summed E-state index contributed by atoms with van der Waals surface area (Å²) in [5.41, 5.74) is 1.49. The molecular weight excluding hydrogens is 229 g/mol. The van der Waals surface area contributed by atoms with Gasteiger partial charge in [-0.2, -0.15) is 0 Å². The molecule has 2 rings (SSSR count). The van der Waals surface area contributed by atoms with E-state index in [4.69, 9.17) is 4.42 Å². The molecule has 1 atom stereocenters. The molecule has 0 aliphatic rings. The normalized spacial score (nSPS) is 12.4. The van der Waals surface area contributed by atoms with Crippen molar-refractivity contribution in [2.75, 3.05) is 5.32 Å². The van der Waals surface area contributed by atoms with Gasteiger partial charge in [0.15, 0.2) is 0 Å². The first-order valence-electron chi connectivity index (χ1n) is 6.20. The second-order valence-corrected chi connectivity index (χ2v) is 4.65. The second kappa shape index (κ2) is 5.71. The van der Waals surface area contributed by atoms with Gasteiger partial charge in [0.2, 0.25) is 0 Å². The van der Waals surface area contributed by atoms with Crippen molar-refractivity contribution < 1.29 is 8.81 Å². The number of anilines is 1. The fourth-order valence-corrected chi connectivity index (χ4v) is 1.89. The number of nitrogens with one attached hydrogen (secondary N) is 1. The van der Waals surface area contributed by atoms with E-state index in [0.29, 0.717) is 5.69 Å². The molecule has 1 aromatic heterocycles. The minimum absolute atomic E-state index is 0.195. The highest BCUT2D eigenvalue weighted by Gasteiger charge is 2.07. The fraction of sp³-hybridized carbons (Fsp3) is 0.333. The van der Waals surface area contributed by atoms with Crippen LogP contribution < -0.4 is 5.32 Å². The maximum Gasteiger partial charge on any atom is 0.146 e. The Morgan fingerprint density at radius 1 is 1.33 bits per heavy atom. The van der Waals surface area contributed by atoms with Crippen LogP contribution in [-0.2, 0) is 6.42 Å². The van der Waals surface area contributed by atoms with E-state index >= 15 is 0 Å². The van der Waals surface area contributed by atoms with E-state index in [9.17, 15) is 4.39 Å². The molecule has 0 radical (unpaired) electrons. The maximum absolute atomic E-state index is 13.6. The first kappa shape index (κ1) is 12.7. The number of rotatable bonds is 5. The molecule has 96 valence electrons. The van der Waals surface area contributed by atoms with Gasteiger partial charge in [-0.15, -0.1) is 0 Å². The third-order valence-electron chi connectivity index (χ3n) is 2.93. The van der Waals surface area contributed by atoms with E-state index in [1.807, 2.05) is 32.0 Å². The summed E-state index contributed by atoms with van der Waals surface area (Å²) in [5.74, 6) is 0.771. The molecule has 1 aromatic carbocycles. The van der Waals surface area contributed by atoms with Crippen LogP contribution in [-0.4, -0.2) is 6.04 Å². The third kappa shape index (κ3) is 3.36. The van der Waals surface area contributed by atoms with Crippen molar-refractivity contribution in [2.24, 2.45) is 0 Å². The van der Waals surface area contributed by atoms with E-state index in [1.54, 1.807) is 18.4 Å². The van der Waals surface area contributed by atoms with Crippen LogP contribution >= 0.6 is 0 Å². The maximum atomic E-state index is 13.6. The Hall–Kier alpha value is -1.77. The Kier molecular flexibility index (Phi) is 4.03. The van der Waals surface area contributed by atoms with Crippen LogP contribution in [0.25, 0.3) is 0 Å². The smallest absolute Gasteiger partial charge is 0.146 e. The average Bonchev–Trinajstić information content (AvgIpc) is 2.83. The number of hydrogen-bond acceptors (Lipinski definition) is 2. The van der Waals surface area contributed by atoms with Gasteiger partial charge in [0.25, 0.3) is 0 Å². The van der Waals surface area contributed by atoms with Crippen LogP contribution in [0, 0.1) is 12.7 Å². The van der Waals surface area contributed by atoms with Crippen molar-refractivity contribution in [3.63, 3.8) is 0 Å². The van der Waals surface area contributed by atoms with E-state index in [0.717, 1.165) is 24.2 Å². The van der Waals surface area contributed by atoms with Gasteiger partial charge >= 0.3 is 0 Å². The number of halogens is 1. The molecule has 2 aromatic rings. The highest BCUT2D eigenvalue weighted by Crippen LogP contribution is 2.17. The van der Waals surface area contributed by atoms with E-state index in [1.165, 1.54) is 0 Å². The Morgan fingerprint density at radius 2 is 2.17 bits per heavy atom. The van der Waals surface area contributed by atoms with Crippen LogP contribution in [0.5, 0.6) is 0 Å². The topological polar surface area (TPSA) is 25.2 Å². The lowest BCUT2D eigenvalue weighted by Crippen LogP contribution is -2.16. The van der Waals surface area contributed by atoms with E-state index < -0.39 is 0 Å². The van der Waals surface area contributed by atoms with Gasteiger partial charge in [0, 0.05) is 12.5 Å². The molecule has 0 saturated heterocycles. The first-order chi connectivity index (χ1) is 8.65. The van der Waals surface area contributed by atoms with Gasteiger partial charge in [-0.1, -0.05) is 6.07 Å². The van der Waals surface area contributed by atoms with Crippen molar-refractivity contribution in [3.8, 4) is 0 Å². The summed E-state index contributed by atoms with van der Waals surface area (Å²) < 4.78 is 18.9. The van der Waals surface area contributed by atoms with Crippen LogP contribution in [0.1, 0.15) is 24.7 Å². The van der Waals surface area contributed by atoms with E-state index in [-0.39, 0.29) is 11.9 Å². The predicted octanol–water partition coefficient (Wildman–Crippen LogP) is 4.16. The highest BCUT2D eigenvalue weighted by atomic mass is 19.1. The summed E-state index contributed by atoms with van der Waals surface area (Å²) >= 11 is 0. The quantitative estimate of drug-likeness (QED) is 0.858. The van der Waals surface area contributed by atoms with Crippen LogP contribution in [0.15, 0.2) is 41.0 Å². The predicted molar refractivity (Wildman–Crippen MR) is 71.3 cm³/mol. The van der Waals surface area contributed by atoms with Crippen molar-refractivity contribution in [3.05, 3.63) is 53.7 Å². The molecule has 18 heavy (non-hydrogen) atoms. The average molecular weight is 247 g/mol. The zero-order chi connectivity index (χ0) is 13.0. The lowest BCUT2D eigenvalue weighted by Gasteiger charge is -2.15. The second-order valence-electron chi connectivity index (χ2n) is 4.65. The summed E-state index contributed by atoms with van der Waals surface area (Å²) in [6.45, 7) is 3.93. The lowest BCUT2D eigenvalue weighted by molar-refractivity contribution is 0.494. The van der Waals surface area contributed by atoms with Gasteiger partial charge < -0.3 is 9.73 Å². The van der Waals surface area contributed by atoms with Crippen molar-refractivity contribution >= 4 is 5.69 Å². The Morgan fingerprint density at radius 3 is 2.83 bits per heavy atom. The SMILES string of the molecule is Cc1ccc(NC(C)CCc2ccco2)c(F)c1. The van der Waals surface area contributed by atoms with Gasteiger partial charge in [-0.05, 0) is 50.1 Å². The molecule has 3 heteroatoms. The molecule has 2 nitrogen and oxygen atoms in total. The van der Waals surface area contributed by atoms with Crippen molar-refractivity contribution in [1.29, 1.82) is 0 Å². The summed E-state index contributed by atoms with van der Waals surface area (Å²) in [6.07, 6.45) is 3.43. The van der Waals surface area contributed by atoms with Gasteiger partial charge in [0.1, 0.15) is 11.6 Å². The minimum Gasteiger partial charge on any atom is -0.469 e. The van der Waals surface area contributed by atoms with Crippen LogP contribution in [0.2, 0.25) is 0 Å². The number of hydrogen-bond donors (Lipinski definition) is 1. The standard InChI is InChI=1S/C15H18FNO/c1-11-5-8-15(14(16)10-11)17-12(2)6-7-13-4-3-9-18-13/h3-5,8-10,12,17H,6-7H2,1-2H3. The van der Waals surface area contributed by atoms with Gasteiger partial charge in [-0.25, -0.2) is 4.39 Å². The summed E-state index contributed by atoms with van der Waals surface area (Å²) in [7, 11) is 0. The molecule has 1 N–H and O–H groups in total. The number of aryl methyl sites for hydroxylation is 2. The molecule has 0 aliphatic carbocycles. The van der Waals surface area contributed by atoms with Crippen LogP contribution in [0.4, 0.5) is 10.1 Å². The Bertz CT molecular complexity index is 493. The van der Waals surface area contributed by atoms with Crippen molar-refractivity contribution in [2.45, 2.75) is 32.7 Å². The van der Waals surface area contributed by atoms with Crippen molar-refractivity contribution in [1.82, 2.24) is 0 Å². The highest BCUT2D eigenvalue weighted by molar-refractivity contribution is 5.46. The zero-order valence-corrected chi connectivity index (χ0v) is 10.7. The monoisotopic (exact) mass is 247 g/mol. The summed E-state index contributed by atoms with van der Waals surface area (Å²) in [6, 6.07) is 9.28. The number of furan rings is 1. The Balaban J connectivity index is 1.88. The van der Waals surface area contributed by atoms with Gasteiger partial charge in [-0.3, -0.25) is 0 Å².